The molecule has 6 rings (SSSR count). The Labute approximate surface area is 269 Å². The molecule has 6 aromatic rings. The molecular formula is C32H22ClN7O5S. The quantitative estimate of drug-likeness (QED) is 0.189. The molecule has 5 aromatic heterocycles. The third kappa shape index (κ3) is 6.50. The molecule has 46 heavy (non-hydrogen) atoms. The zero-order valence-electron chi connectivity index (χ0n) is 23.7. The number of carboxylic acid groups (broad SMARTS) is 1. The van der Waals surface area contributed by atoms with Crippen molar-refractivity contribution in [2.45, 2.75) is 13.1 Å². The number of thiophene rings is 1. The Morgan fingerprint density at radius 2 is 1.78 bits per heavy atom. The van der Waals surface area contributed by atoms with E-state index in [9.17, 15) is 24.3 Å². The number of anilines is 1. The monoisotopic (exact) mass is 651 g/mol. The van der Waals surface area contributed by atoms with E-state index in [0.29, 0.717) is 39.1 Å². The van der Waals surface area contributed by atoms with E-state index in [4.69, 9.17) is 11.6 Å². The topological polar surface area (TPSA) is 162 Å². The van der Waals surface area contributed by atoms with Gasteiger partial charge in [-0.15, -0.1) is 11.3 Å². The van der Waals surface area contributed by atoms with E-state index in [1.165, 1.54) is 71.0 Å². The SMILES string of the molecule is O=C(O)c1cccc(C(=O)n2nc(-c3cn(CC(=O)c4ccncn4)c(=O)cc3-c3cccnc3)cc2NCc2ccc(Cl)s2)c1. The van der Waals surface area contributed by atoms with Gasteiger partial charge in [0.05, 0.1) is 28.7 Å². The summed E-state index contributed by atoms with van der Waals surface area (Å²) < 4.78 is 2.99. The molecule has 1 aromatic carbocycles. The van der Waals surface area contributed by atoms with Crippen LogP contribution in [0, 0.1) is 0 Å². The summed E-state index contributed by atoms with van der Waals surface area (Å²) in [5, 5.41) is 17.3. The molecule has 0 saturated heterocycles. The van der Waals surface area contributed by atoms with Crippen molar-refractivity contribution < 1.29 is 19.5 Å². The molecule has 0 saturated carbocycles. The van der Waals surface area contributed by atoms with Gasteiger partial charge in [-0.2, -0.15) is 9.78 Å². The number of hydrogen-bond acceptors (Lipinski definition) is 10. The Kier molecular flexibility index (Phi) is 8.59. The van der Waals surface area contributed by atoms with E-state index in [-0.39, 0.29) is 23.4 Å². The summed E-state index contributed by atoms with van der Waals surface area (Å²) in [6.45, 7) is 0.00932. The van der Waals surface area contributed by atoms with Crippen molar-refractivity contribution >= 4 is 46.4 Å². The number of carbonyl (C=O) groups excluding carboxylic acids is 2. The van der Waals surface area contributed by atoms with E-state index in [1.54, 1.807) is 36.7 Å². The van der Waals surface area contributed by atoms with E-state index in [0.717, 1.165) is 9.56 Å². The number of carbonyl (C=O) groups is 3. The summed E-state index contributed by atoms with van der Waals surface area (Å²) in [5.74, 6) is -1.86. The maximum atomic E-state index is 13.8. The first-order chi connectivity index (χ1) is 22.3. The van der Waals surface area contributed by atoms with Gasteiger partial charge in [0.2, 0.25) is 5.78 Å². The van der Waals surface area contributed by atoms with Crippen LogP contribution in [0.25, 0.3) is 22.4 Å². The molecule has 0 bridgehead atoms. The summed E-state index contributed by atoms with van der Waals surface area (Å²) in [4.78, 5) is 64.6. The zero-order valence-corrected chi connectivity index (χ0v) is 25.3. The normalized spacial score (nSPS) is 10.9. The summed E-state index contributed by atoms with van der Waals surface area (Å²) >= 11 is 7.48. The smallest absolute Gasteiger partial charge is 0.335 e. The predicted molar refractivity (Wildman–Crippen MR) is 171 cm³/mol. The number of nitrogens with zero attached hydrogens (tertiary/aromatic N) is 6. The van der Waals surface area contributed by atoms with Gasteiger partial charge in [0, 0.05) is 58.5 Å². The molecule has 0 aliphatic carbocycles. The lowest BCUT2D eigenvalue weighted by Crippen LogP contribution is -2.24. The second-order valence-electron chi connectivity index (χ2n) is 9.90. The van der Waals surface area contributed by atoms with Gasteiger partial charge in [0.15, 0.2) is 0 Å². The van der Waals surface area contributed by atoms with Crippen LogP contribution < -0.4 is 10.9 Å². The number of aromatic nitrogens is 6. The first kappa shape index (κ1) is 30.2. The maximum absolute atomic E-state index is 13.8. The summed E-state index contributed by atoms with van der Waals surface area (Å²) in [5.41, 5.74) is 1.59. The molecular weight excluding hydrogens is 630 g/mol. The lowest BCUT2D eigenvalue weighted by molar-refractivity contribution is 0.0696. The highest BCUT2D eigenvalue weighted by Gasteiger charge is 2.22. The molecule has 0 unspecified atom stereocenters. The van der Waals surface area contributed by atoms with Crippen molar-refractivity contribution in [3.63, 3.8) is 0 Å². The van der Waals surface area contributed by atoms with Crippen molar-refractivity contribution in [3.8, 4) is 22.4 Å². The molecule has 12 nitrogen and oxygen atoms in total. The molecule has 228 valence electrons. The summed E-state index contributed by atoms with van der Waals surface area (Å²) in [6.07, 6.45) is 7.39. The Hall–Kier alpha value is -5.79. The highest BCUT2D eigenvalue weighted by molar-refractivity contribution is 7.16. The first-order valence-electron chi connectivity index (χ1n) is 13.7. The Morgan fingerprint density at radius 3 is 2.50 bits per heavy atom. The van der Waals surface area contributed by atoms with E-state index in [1.807, 2.05) is 6.07 Å². The fourth-order valence-electron chi connectivity index (χ4n) is 4.68. The number of pyridine rings is 2. The summed E-state index contributed by atoms with van der Waals surface area (Å²) in [7, 11) is 0. The number of carboxylic acids is 1. The third-order valence-electron chi connectivity index (χ3n) is 6.89. The van der Waals surface area contributed by atoms with Gasteiger partial charge in [0.25, 0.3) is 11.5 Å². The molecule has 0 aliphatic rings. The van der Waals surface area contributed by atoms with Crippen LogP contribution in [0.5, 0.6) is 0 Å². The van der Waals surface area contributed by atoms with Crippen LogP contribution in [0.2, 0.25) is 4.34 Å². The third-order valence-corrected chi connectivity index (χ3v) is 8.12. The Bertz CT molecular complexity index is 2150. The minimum atomic E-state index is -1.18. The van der Waals surface area contributed by atoms with Crippen LogP contribution in [0.3, 0.4) is 0 Å². The fraction of sp³-hybridized carbons (Fsp3) is 0.0625. The molecule has 5 heterocycles. The second kappa shape index (κ2) is 13.1. The van der Waals surface area contributed by atoms with Crippen molar-refractivity contribution in [3.05, 3.63) is 134 Å². The molecule has 2 N–H and O–H groups in total. The molecule has 0 spiro atoms. The summed E-state index contributed by atoms with van der Waals surface area (Å²) in [6, 6.07) is 17.2. The van der Waals surface area contributed by atoms with Crippen LogP contribution in [0.1, 0.15) is 36.1 Å². The van der Waals surface area contributed by atoms with Crippen molar-refractivity contribution in [2.75, 3.05) is 5.32 Å². The molecule has 0 atom stereocenters. The van der Waals surface area contributed by atoms with Crippen molar-refractivity contribution in [1.82, 2.24) is 29.3 Å². The number of ketones is 1. The van der Waals surface area contributed by atoms with E-state index < -0.39 is 23.2 Å². The standard InChI is InChI=1S/C32H22ClN7O5S/c33-28-7-6-22(46-28)15-36-29-13-26(38-40(29)31(43)19-3-1-4-20(11-19)32(44)45)24-16-39(17-27(41)25-8-10-35-18-37-25)30(42)12-23(24)21-5-2-9-34-14-21/h1-14,16,18,36H,15,17H2,(H,44,45). The van der Waals surface area contributed by atoms with Gasteiger partial charge in [-0.3, -0.25) is 19.4 Å². The van der Waals surface area contributed by atoms with Gasteiger partial charge in [0.1, 0.15) is 17.8 Å². The van der Waals surface area contributed by atoms with Gasteiger partial charge < -0.3 is 15.0 Å². The zero-order chi connectivity index (χ0) is 32.2. The van der Waals surface area contributed by atoms with Crippen LogP contribution in [-0.2, 0) is 13.1 Å². The van der Waals surface area contributed by atoms with Gasteiger partial charge >= 0.3 is 5.97 Å². The number of Topliss-reactive ketones (excluding diaryl/α,β-unsaturated/α-hetero) is 1. The molecule has 0 fully saturated rings. The molecule has 0 amide bonds. The Balaban J connectivity index is 1.47. The number of benzene rings is 1. The number of rotatable bonds is 10. The predicted octanol–water partition coefficient (Wildman–Crippen LogP) is 5.16. The minimum Gasteiger partial charge on any atom is -0.478 e. The number of halogens is 1. The Morgan fingerprint density at radius 1 is 0.935 bits per heavy atom. The van der Waals surface area contributed by atoms with Crippen LogP contribution in [0.15, 0.2) is 103 Å². The average molecular weight is 652 g/mol. The van der Waals surface area contributed by atoms with Crippen molar-refractivity contribution in [1.29, 1.82) is 0 Å². The molecule has 14 heteroatoms. The molecule has 0 radical (unpaired) electrons. The second-order valence-corrected chi connectivity index (χ2v) is 11.7. The van der Waals surface area contributed by atoms with Gasteiger partial charge in [-0.1, -0.05) is 23.7 Å². The van der Waals surface area contributed by atoms with E-state index in [2.05, 4.69) is 25.4 Å². The molecule has 0 aliphatic heterocycles. The number of nitrogens with one attached hydrogen (secondary N) is 1. The minimum absolute atomic E-state index is 0.0553. The van der Waals surface area contributed by atoms with Gasteiger partial charge in [-0.05, 0) is 48.0 Å². The van der Waals surface area contributed by atoms with Crippen molar-refractivity contribution in [2.24, 2.45) is 0 Å². The van der Waals surface area contributed by atoms with Gasteiger partial charge in [-0.25, -0.2) is 14.8 Å². The first-order valence-corrected chi connectivity index (χ1v) is 14.9. The largest absolute Gasteiger partial charge is 0.478 e. The lowest BCUT2D eigenvalue weighted by atomic mass is 10.0. The lowest BCUT2D eigenvalue weighted by Gasteiger charge is -2.12. The fourth-order valence-corrected chi connectivity index (χ4v) is 5.71. The van der Waals surface area contributed by atoms with Crippen LogP contribution in [-0.4, -0.2) is 52.1 Å². The van der Waals surface area contributed by atoms with Crippen LogP contribution in [0.4, 0.5) is 5.82 Å². The maximum Gasteiger partial charge on any atom is 0.335 e. The number of hydrogen-bond donors (Lipinski definition) is 2. The van der Waals surface area contributed by atoms with Crippen LogP contribution >= 0.6 is 22.9 Å². The van der Waals surface area contributed by atoms with E-state index >= 15 is 0 Å². The highest BCUT2D eigenvalue weighted by atomic mass is 35.5. The highest BCUT2D eigenvalue weighted by Crippen LogP contribution is 2.32. The average Bonchev–Trinajstić information content (AvgIpc) is 3.70. The number of aromatic carboxylic acids is 1.